The van der Waals surface area contributed by atoms with Crippen LogP contribution >= 0.6 is 11.6 Å². The molecule has 5 heteroatoms. The Kier molecular flexibility index (Phi) is 6.01. The largest absolute Gasteiger partial charge is 0.357 e. The van der Waals surface area contributed by atoms with Crippen LogP contribution in [0.2, 0.25) is 5.02 Å². The number of Topliss-reactive ketones (excluding diaryl/α,β-unsaturated/α-hetero) is 1. The molecule has 5 rings (SSSR count). The third kappa shape index (κ3) is 3.92. The molecule has 1 amide bonds. The minimum absolute atomic E-state index is 0.0189. The van der Waals surface area contributed by atoms with Gasteiger partial charge in [-0.25, -0.2) is 0 Å². The maximum Gasteiger partial charge on any atom is 0.227 e. The molecule has 0 aromatic heterocycles. The van der Waals surface area contributed by atoms with Gasteiger partial charge in [0.25, 0.3) is 0 Å². The molecule has 1 heterocycles. The molecular weight excluding hydrogens is 444 g/mol. The number of carbonyl (C=O) groups is 2. The minimum Gasteiger partial charge on any atom is -0.357 e. The Bertz CT molecular complexity index is 1300. The summed E-state index contributed by atoms with van der Waals surface area (Å²) in [4.78, 5) is 29.1. The summed E-state index contributed by atoms with van der Waals surface area (Å²) >= 11 is 6.52. The molecule has 3 aromatic rings. The summed E-state index contributed by atoms with van der Waals surface area (Å²) in [5, 5.41) is 4.23. The summed E-state index contributed by atoms with van der Waals surface area (Å²) in [6, 6.07) is 23.2. The molecule has 34 heavy (non-hydrogen) atoms. The number of para-hydroxylation sites is 2. The van der Waals surface area contributed by atoms with Crippen molar-refractivity contribution in [3.8, 4) is 0 Å². The Hall–Kier alpha value is -3.37. The van der Waals surface area contributed by atoms with Gasteiger partial charge in [-0.05, 0) is 48.6 Å². The number of nitrogens with zero attached hydrogens (tertiary/aromatic N) is 1. The number of rotatable bonds is 3. The Labute approximate surface area is 205 Å². The van der Waals surface area contributed by atoms with Gasteiger partial charge in [0.15, 0.2) is 5.78 Å². The lowest BCUT2D eigenvalue weighted by Gasteiger charge is -2.35. The van der Waals surface area contributed by atoms with E-state index in [1.807, 2.05) is 91.5 Å². The van der Waals surface area contributed by atoms with Crippen molar-refractivity contribution < 1.29 is 9.59 Å². The van der Waals surface area contributed by atoms with E-state index in [0.717, 1.165) is 33.8 Å². The topological polar surface area (TPSA) is 49.4 Å². The number of aryl methyl sites for hydroxylation is 1. The molecule has 2 atom stereocenters. The Morgan fingerprint density at radius 2 is 1.71 bits per heavy atom. The van der Waals surface area contributed by atoms with Gasteiger partial charge < -0.3 is 5.32 Å². The summed E-state index contributed by atoms with van der Waals surface area (Å²) in [5.41, 5.74) is 6.21. The highest BCUT2D eigenvalue weighted by Gasteiger charge is 2.41. The Morgan fingerprint density at radius 3 is 2.44 bits per heavy atom. The highest BCUT2D eigenvalue weighted by Crippen LogP contribution is 2.48. The fourth-order valence-electron chi connectivity index (χ4n) is 5.13. The average Bonchev–Trinajstić information content (AvgIpc) is 2.99. The average molecular weight is 471 g/mol. The van der Waals surface area contributed by atoms with Gasteiger partial charge in [0, 0.05) is 29.1 Å². The standard InChI is InChI=1S/C29H27ClN2O2/c1-3-27(34)32-25-11-7-6-10-23(25)31-24-16-20(21-8-4-5-9-22(21)30)17-26(33)28(24)29(32)19-14-12-18(2)13-15-19/h4-15,20,29,31H,3,16-17H2,1-2H3/t20-,29-/m1/s1. The van der Waals surface area contributed by atoms with Crippen LogP contribution in [0.25, 0.3) is 0 Å². The Balaban J connectivity index is 1.71. The van der Waals surface area contributed by atoms with E-state index in [4.69, 9.17) is 11.6 Å². The van der Waals surface area contributed by atoms with Crippen molar-refractivity contribution in [1.29, 1.82) is 0 Å². The van der Waals surface area contributed by atoms with Crippen LogP contribution in [0.4, 0.5) is 11.4 Å². The van der Waals surface area contributed by atoms with Crippen molar-refractivity contribution >= 4 is 34.7 Å². The fraction of sp³-hybridized carbons (Fsp3) is 0.241. The van der Waals surface area contributed by atoms with Crippen LogP contribution in [0.1, 0.15) is 54.8 Å². The molecule has 0 bridgehead atoms. The molecule has 0 fully saturated rings. The summed E-state index contributed by atoms with van der Waals surface area (Å²) in [5.74, 6) is 0.00672. The number of hydrogen-bond acceptors (Lipinski definition) is 3. The first-order valence-corrected chi connectivity index (χ1v) is 12.1. The molecule has 0 saturated heterocycles. The molecule has 172 valence electrons. The van der Waals surface area contributed by atoms with Crippen molar-refractivity contribution in [2.75, 3.05) is 10.2 Å². The third-order valence-electron chi connectivity index (χ3n) is 6.80. The zero-order chi connectivity index (χ0) is 23.8. The van der Waals surface area contributed by atoms with E-state index in [9.17, 15) is 9.59 Å². The van der Waals surface area contributed by atoms with Gasteiger partial charge in [0.05, 0.1) is 17.4 Å². The van der Waals surface area contributed by atoms with Gasteiger partial charge in [0.1, 0.15) is 0 Å². The number of hydrogen-bond donors (Lipinski definition) is 1. The van der Waals surface area contributed by atoms with E-state index in [-0.39, 0.29) is 17.6 Å². The SMILES string of the molecule is CCC(=O)N1c2ccccc2NC2=C(C(=O)C[C@H](c3ccccc3Cl)C2)[C@H]1c1ccc(C)cc1. The number of ketones is 1. The highest BCUT2D eigenvalue weighted by atomic mass is 35.5. The lowest BCUT2D eigenvalue weighted by Crippen LogP contribution is -2.38. The second kappa shape index (κ2) is 9.11. The van der Waals surface area contributed by atoms with E-state index in [0.29, 0.717) is 29.9 Å². The molecule has 0 spiro atoms. The highest BCUT2D eigenvalue weighted by molar-refractivity contribution is 6.31. The van der Waals surface area contributed by atoms with Crippen molar-refractivity contribution in [2.24, 2.45) is 0 Å². The zero-order valence-corrected chi connectivity index (χ0v) is 20.1. The molecule has 3 aromatic carbocycles. The first kappa shape index (κ1) is 22.4. The number of nitrogens with one attached hydrogen (secondary N) is 1. The number of carbonyl (C=O) groups excluding carboxylic acids is 2. The van der Waals surface area contributed by atoms with Crippen molar-refractivity contribution in [1.82, 2.24) is 0 Å². The lowest BCUT2D eigenvalue weighted by atomic mass is 9.78. The fourth-order valence-corrected chi connectivity index (χ4v) is 5.42. The van der Waals surface area contributed by atoms with E-state index in [2.05, 4.69) is 5.32 Å². The third-order valence-corrected chi connectivity index (χ3v) is 7.14. The quantitative estimate of drug-likeness (QED) is 0.450. The summed E-state index contributed by atoms with van der Waals surface area (Å²) < 4.78 is 0. The maximum atomic E-state index is 13.9. The number of benzene rings is 3. The first-order valence-electron chi connectivity index (χ1n) is 11.7. The van der Waals surface area contributed by atoms with Gasteiger partial charge in [-0.1, -0.05) is 78.7 Å². The van der Waals surface area contributed by atoms with E-state index in [1.54, 1.807) is 0 Å². The maximum absolute atomic E-state index is 13.9. The van der Waals surface area contributed by atoms with Gasteiger partial charge >= 0.3 is 0 Å². The zero-order valence-electron chi connectivity index (χ0n) is 19.3. The number of amides is 1. The van der Waals surface area contributed by atoms with Crippen LogP contribution in [0.5, 0.6) is 0 Å². The van der Waals surface area contributed by atoms with Crippen molar-refractivity contribution in [3.05, 3.63) is 106 Å². The predicted molar refractivity (Wildman–Crippen MR) is 137 cm³/mol. The molecule has 2 aliphatic rings. The van der Waals surface area contributed by atoms with Crippen molar-refractivity contribution in [3.63, 3.8) is 0 Å². The lowest BCUT2D eigenvalue weighted by molar-refractivity contribution is -0.119. The van der Waals surface area contributed by atoms with Crippen LogP contribution < -0.4 is 10.2 Å². The first-order chi connectivity index (χ1) is 16.5. The minimum atomic E-state index is -0.487. The number of anilines is 2. The monoisotopic (exact) mass is 470 g/mol. The van der Waals surface area contributed by atoms with E-state index >= 15 is 0 Å². The van der Waals surface area contributed by atoms with Crippen LogP contribution in [0.3, 0.4) is 0 Å². The number of fused-ring (bicyclic) bond motifs is 1. The van der Waals surface area contributed by atoms with Crippen LogP contribution in [0.15, 0.2) is 84.1 Å². The summed E-state index contributed by atoms with van der Waals surface area (Å²) in [7, 11) is 0. The number of halogens is 1. The second-order valence-corrected chi connectivity index (χ2v) is 9.42. The predicted octanol–water partition coefficient (Wildman–Crippen LogP) is 6.96. The Morgan fingerprint density at radius 1 is 1.00 bits per heavy atom. The van der Waals surface area contributed by atoms with Crippen LogP contribution in [-0.4, -0.2) is 11.7 Å². The van der Waals surface area contributed by atoms with E-state index in [1.165, 1.54) is 0 Å². The van der Waals surface area contributed by atoms with Gasteiger partial charge in [-0.3, -0.25) is 14.5 Å². The van der Waals surface area contributed by atoms with Crippen LogP contribution in [-0.2, 0) is 9.59 Å². The molecule has 1 aliphatic carbocycles. The molecule has 0 unspecified atom stereocenters. The molecule has 1 N–H and O–H groups in total. The molecule has 0 saturated carbocycles. The molecule has 4 nitrogen and oxygen atoms in total. The molecular formula is C29H27ClN2O2. The van der Waals surface area contributed by atoms with Gasteiger partial charge in [-0.15, -0.1) is 0 Å². The van der Waals surface area contributed by atoms with Gasteiger partial charge in [-0.2, -0.15) is 0 Å². The smallest absolute Gasteiger partial charge is 0.227 e. The summed E-state index contributed by atoms with van der Waals surface area (Å²) in [6.45, 7) is 3.90. The molecule has 0 radical (unpaired) electrons. The van der Waals surface area contributed by atoms with E-state index < -0.39 is 6.04 Å². The number of allylic oxidation sites excluding steroid dienone is 1. The summed E-state index contributed by atoms with van der Waals surface area (Å²) in [6.07, 6.45) is 1.35. The molecule has 1 aliphatic heterocycles. The van der Waals surface area contributed by atoms with Gasteiger partial charge in [0.2, 0.25) is 5.91 Å². The normalized spacial score (nSPS) is 19.7. The van der Waals surface area contributed by atoms with Crippen molar-refractivity contribution in [2.45, 2.75) is 45.1 Å². The second-order valence-electron chi connectivity index (χ2n) is 9.01. The van der Waals surface area contributed by atoms with Crippen LogP contribution in [0, 0.1) is 6.92 Å².